The highest BCUT2D eigenvalue weighted by Crippen LogP contribution is 2.25. The van der Waals surface area contributed by atoms with Gasteiger partial charge in [0.2, 0.25) is 0 Å². The van der Waals surface area contributed by atoms with Crippen molar-refractivity contribution in [3.05, 3.63) is 39.9 Å². The van der Waals surface area contributed by atoms with Crippen LogP contribution >= 0.6 is 11.8 Å². The van der Waals surface area contributed by atoms with Gasteiger partial charge in [0.25, 0.3) is 28.6 Å². The van der Waals surface area contributed by atoms with Gasteiger partial charge in [-0.2, -0.15) is 0 Å². The Balaban J connectivity index is 1.81. The molecule has 1 atom stereocenters. The van der Waals surface area contributed by atoms with Gasteiger partial charge < -0.3 is 0 Å². The molecule has 130 valence electrons. The molecule has 3 rings (SSSR count). The number of amides is 3. The molecule has 2 aliphatic heterocycles. The highest BCUT2D eigenvalue weighted by molar-refractivity contribution is 8.12. The van der Waals surface area contributed by atoms with Crippen molar-refractivity contribution in [1.29, 1.82) is 0 Å². The third-order valence-corrected chi connectivity index (χ3v) is 5.20. The summed E-state index contributed by atoms with van der Waals surface area (Å²) in [6.45, 7) is 0. The first kappa shape index (κ1) is 17.1. The van der Waals surface area contributed by atoms with Crippen LogP contribution in [0.4, 0.5) is 10.5 Å². The lowest BCUT2D eigenvalue weighted by atomic mass is 10.2. The molecule has 0 bridgehead atoms. The number of carbonyl (C=O) groups is 2. The van der Waals surface area contributed by atoms with Gasteiger partial charge in [-0.15, -0.1) is 4.99 Å². The van der Waals surface area contributed by atoms with Crippen LogP contribution in [0.5, 0.6) is 0 Å². The number of hydrogen-bond donors (Lipinski definition) is 0. The van der Waals surface area contributed by atoms with E-state index >= 15 is 0 Å². The highest BCUT2D eigenvalue weighted by atomic mass is 32.2. The lowest BCUT2D eigenvalue weighted by Gasteiger charge is -2.27. The zero-order valence-corrected chi connectivity index (χ0v) is 14.7. The molecule has 0 spiro atoms. The average molecular weight is 362 g/mol. The number of thioether (sulfide) groups is 1. The predicted octanol–water partition coefficient (Wildman–Crippen LogP) is 1.13. The fraction of sp³-hybridized carbons (Fsp3) is 0.333. The van der Waals surface area contributed by atoms with E-state index in [0.717, 1.165) is 10.5 Å². The molecule has 25 heavy (non-hydrogen) atoms. The normalized spacial score (nSPS) is 20.1. The number of likely N-dealkylation sites (N-methyl/N-ethyl adjacent to an activating group) is 2. The van der Waals surface area contributed by atoms with Gasteiger partial charge in [0.1, 0.15) is 0 Å². The quantitative estimate of drug-likeness (QED) is 0.456. The molecule has 3 amide bonds. The molecule has 1 aromatic carbocycles. The molecule has 0 aromatic heterocycles. The van der Waals surface area contributed by atoms with Crippen LogP contribution in [0.25, 0.3) is 0 Å². The summed E-state index contributed by atoms with van der Waals surface area (Å²) < 4.78 is 1.72. The number of amidine groups is 2. The van der Waals surface area contributed by atoms with E-state index in [0.29, 0.717) is 16.8 Å². The van der Waals surface area contributed by atoms with E-state index in [1.165, 1.54) is 35.8 Å². The third kappa shape index (κ3) is 2.88. The summed E-state index contributed by atoms with van der Waals surface area (Å²) in [5, 5.41) is 11.4. The molecule has 1 saturated heterocycles. The number of rotatable bonds is 3. The largest absolute Gasteiger partial charge is 0.388 e. The first-order chi connectivity index (χ1) is 11.8. The number of urea groups is 1. The number of imide groups is 1. The van der Waals surface area contributed by atoms with Crippen LogP contribution in [0.2, 0.25) is 0 Å². The topological polar surface area (TPSA) is 99.1 Å². The van der Waals surface area contributed by atoms with E-state index in [1.54, 1.807) is 30.8 Å². The maximum absolute atomic E-state index is 12.3. The van der Waals surface area contributed by atoms with Crippen LogP contribution in [0, 0.1) is 10.1 Å². The number of non-ortho nitro benzene ring substituents is 1. The maximum atomic E-state index is 12.3. The van der Waals surface area contributed by atoms with Crippen molar-refractivity contribution in [3.8, 4) is 0 Å². The molecule has 10 heteroatoms. The molecule has 1 fully saturated rings. The number of hydrogen-bond acceptors (Lipinski definition) is 6. The number of carbonyl (C=O) groups excluding carboxylic acids is 2. The van der Waals surface area contributed by atoms with Crippen molar-refractivity contribution in [3.63, 3.8) is 0 Å². The first-order valence-corrected chi connectivity index (χ1v) is 8.39. The standard InChI is InChI=1S/C15H16N5O4S/c1-17-12-11(13(21)19(3)15(22)18(12)2)16-14(17)25-8-9-5-4-6-10(7-9)20(23)24/h4-7,11H,8H2,1-3H3/q+1. The summed E-state index contributed by atoms with van der Waals surface area (Å²) in [6.07, 6.45) is 0. The fourth-order valence-corrected chi connectivity index (χ4v) is 3.70. The second kappa shape index (κ2) is 6.28. The number of nitro benzene ring substituents is 1. The molecule has 9 nitrogen and oxygen atoms in total. The van der Waals surface area contributed by atoms with E-state index in [9.17, 15) is 19.7 Å². The monoisotopic (exact) mass is 362 g/mol. The smallest absolute Gasteiger partial charge is 0.269 e. The molecule has 1 unspecified atom stereocenters. The Kier molecular flexibility index (Phi) is 4.29. The van der Waals surface area contributed by atoms with Crippen molar-refractivity contribution >= 4 is 40.4 Å². The number of benzene rings is 1. The third-order valence-electron chi connectivity index (χ3n) is 4.09. The molecule has 0 radical (unpaired) electrons. The lowest BCUT2D eigenvalue weighted by Crippen LogP contribution is -2.59. The van der Waals surface area contributed by atoms with Crippen molar-refractivity contribution < 1.29 is 19.1 Å². The molecule has 1 aromatic rings. The Labute approximate surface area is 147 Å². The summed E-state index contributed by atoms with van der Waals surface area (Å²) >= 11 is 1.36. The molecule has 0 aliphatic carbocycles. The zero-order valence-electron chi connectivity index (χ0n) is 13.9. The molecular weight excluding hydrogens is 346 g/mol. The minimum absolute atomic E-state index is 0.0324. The van der Waals surface area contributed by atoms with Gasteiger partial charge in [-0.05, 0) is 17.3 Å². The SMILES string of the molecule is CN1C(=O)C2N=C(SCc3cccc([N+](=O)[O-])c3)[N+](C)=C2N(C)C1=O. The van der Waals surface area contributed by atoms with E-state index in [2.05, 4.69) is 4.99 Å². The number of fused-ring (bicyclic) bond motifs is 1. The zero-order chi connectivity index (χ0) is 18.3. The summed E-state index contributed by atoms with van der Waals surface area (Å²) in [5.74, 6) is 0.623. The highest BCUT2D eigenvalue weighted by Gasteiger charge is 2.51. The minimum atomic E-state index is -0.731. The van der Waals surface area contributed by atoms with Gasteiger partial charge in [0.05, 0.1) is 19.0 Å². The number of nitrogens with zero attached hydrogens (tertiary/aromatic N) is 5. The lowest BCUT2D eigenvalue weighted by molar-refractivity contribution is -0.384. The van der Waals surface area contributed by atoms with Gasteiger partial charge in [-0.3, -0.25) is 19.8 Å². The predicted molar refractivity (Wildman–Crippen MR) is 92.7 cm³/mol. The first-order valence-electron chi connectivity index (χ1n) is 7.41. The summed E-state index contributed by atoms with van der Waals surface area (Å²) in [6, 6.07) is 5.25. The molecular formula is C15H16N5O4S+. The average Bonchev–Trinajstić information content (AvgIpc) is 2.93. The van der Waals surface area contributed by atoms with E-state index in [1.807, 2.05) is 0 Å². The van der Waals surface area contributed by atoms with Crippen LogP contribution in [0.15, 0.2) is 29.3 Å². The van der Waals surface area contributed by atoms with Crippen LogP contribution in [-0.2, 0) is 10.5 Å². The van der Waals surface area contributed by atoms with Crippen LogP contribution < -0.4 is 0 Å². The van der Waals surface area contributed by atoms with Crippen LogP contribution in [0.1, 0.15) is 5.56 Å². The van der Waals surface area contributed by atoms with Gasteiger partial charge in [-0.1, -0.05) is 12.1 Å². The van der Waals surface area contributed by atoms with Gasteiger partial charge >= 0.3 is 6.03 Å². The molecule has 2 aliphatic rings. The van der Waals surface area contributed by atoms with Gasteiger partial charge in [-0.25, -0.2) is 14.3 Å². The van der Waals surface area contributed by atoms with Gasteiger partial charge in [0, 0.05) is 24.9 Å². The van der Waals surface area contributed by atoms with Crippen molar-refractivity contribution in [2.45, 2.75) is 11.8 Å². The van der Waals surface area contributed by atoms with E-state index in [4.69, 9.17) is 0 Å². The molecule has 0 saturated carbocycles. The Morgan fingerprint density at radius 3 is 2.72 bits per heavy atom. The molecule has 0 N–H and O–H groups in total. The van der Waals surface area contributed by atoms with E-state index in [-0.39, 0.29) is 11.6 Å². The second-order valence-corrected chi connectivity index (χ2v) is 6.63. The summed E-state index contributed by atoms with van der Waals surface area (Å²) in [4.78, 5) is 41.7. The Morgan fingerprint density at radius 2 is 2.04 bits per heavy atom. The van der Waals surface area contributed by atoms with Crippen LogP contribution in [0.3, 0.4) is 0 Å². The Bertz CT molecular complexity index is 850. The second-order valence-electron chi connectivity index (χ2n) is 5.69. The number of aliphatic imine (C=N–C) groups is 1. The maximum Gasteiger partial charge on any atom is 0.388 e. The summed E-state index contributed by atoms with van der Waals surface area (Å²) in [5.41, 5.74) is 0.813. The van der Waals surface area contributed by atoms with Crippen molar-refractivity contribution in [1.82, 2.24) is 9.80 Å². The van der Waals surface area contributed by atoms with Crippen LogP contribution in [-0.4, -0.2) is 69.4 Å². The minimum Gasteiger partial charge on any atom is -0.269 e. The Hall–Kier alpha value is -2.75. The Morgan fingerprint density at radius 1 is 1.32 bits per heavy atom. The number of nitro groups is 1. The summed E-state index contributed by atoms with van der Waals surface area (Å²) in [7, 11) is 4.78. The van der Waals surface area contributed by atoms with Crippen molar-refractivity contribution in [2.24, 2.45) is 4.99 Å². The molecule has 2 heterocycles. The van der Waals surface area contributed by atoms with E-state index < -0.39 is 17.0 Å². The fourth-order valence-electron chi connectivity index (χ4n) is 2.75. The van der Waals surface area contributed by atoms with Crippen molar-refractivity contribution in [2.75, 3.05) is 21.1 Å². The van der Waals surface area contributed by atoms with Gasteiger partial charge in [0.15, 0.2) is 0 Å².